The van der Waals surface area contributed by atoms with Crippen molar-refractivity contribution in [3.63, 3.8) is 0 Å². The van der Waals surface area contributed by atoms with Crippen molar-refractivity contribution in [1.29, 1.82) is 0 Å². The Morgan fingerprint density at radius 1 is 1.28 bits per heavy atom. The summed E-state index contributed by atoms with van der Waals surface area (Å²) in [6.07, 6.45) is 4.03. The van der Waals surface area contributed by atoms with E-state index in [0.717, 1.165) is 12.8 Å². The van der Waals surface area contributed by atoms with Crippen molar-refractivity contribution in [3.05, 3.63) is 52.5 Å². The molecule has 0 aliphatic heterocycles. The maximum absolute atomic E-state index is 4.39. The van der Waals surface area contributed by atoms with E-state index in [9.17, 15) is 0 Å². The molecule has 0 amide bonds. The lowest BCUT2D eigenvalue weighted by molar-refractivity contribution is 0.448. The number of rotatable bonds is 6. The van der Waals surface area contributed by atoms with Gasteiger partial charge in [0.1, 0.15) is 0 Å². The Balaban J connectivity index is 2.14. The van der Waals surface area contributed by atoms with Crippen LogP contribution in [-0.2, 0) is 6.42 Å². The van der Waals surface area contributed by atoms with Gasteiger partial charge in [-0.05, 0) is 24.9 Å². The Morgan fingerprint density at radius 2 is 2.06 bits per heavy atom. The molecule has 2 aromatic rings. The van der Waals surface area contributed by atoms with Crippen LogP contribution in [0.4, 0.5) is 0 Å². The van der Waals surface area contributed by atoms with Gasteiger partial charge in [0.25, 0.3) is 0 Å². The number of nitrogens with one attached hydrogen (secondary N) is 1. The number of hydrogen-bond donors (Lipinski definition) is 1. The summed E-state index contributed by atoms with van der Waals surface area (Å²) in [5, 5.41) is 6.72. The lowest BCUT2D eigenvalue weighted by Crippen LogP contribution is -2.34. The number of hydrogen-bond acceptors (Lipinski definition) is 3. The average molecular weight is 260 g/mol. The zero-order chi connectivity index (χ0) is 12.8. The molecule has 0 aliphatic carbocycles. The monoisotopic (exact) mass is 260 g/mol. The van der Waals surface area contributed by atoms with Crippen LogP contribution in [0.3, 0.4) is 0 Å². The first-order valence-electron chi connectivity index (χ1n) is 6.45. The molecule has 0 bridgehead atoms. The van der Waals surface area contributed by atoms with Crippen molar-refractivity contribution in [3.8, 4) is 0 Å². The van der Waals surface area contributed by atoms with E-state index in [1.165, 1.54) is 10.6 Å². The highest BCUT2D eigenvalue weighted by Gasteiger charge is 2.21. The Hall–Kier alpha value is -1.19. The summed E-state index contributed by atoms with van der Waals surface area (Å²) >= 11 is 1.74. The fraction of sp³-hybridized carbons (Fsp3) is 0.400. The molecule has 1 N–H and O–H groups in total. The van der Waals surface area contributed by atoms with Crippen LogP contribution >= 0.6 is 11.3 Å². The molecular weight excluding hydrogens is 240 g/mol. The minimum atomic E-state index is 0.448. The molecule has 1 aromatic carbocycles. The van der Waals surface area contributed by atoms with Crippen LogP contribution in [-0.4, -0.2) is 18.1 Å². The van der Waals surface area contributed by atoms with Gasteiger partial charge in [0, 0.05) is 24.0 Å². The van der Waals surface area contributed by atoms with Gasteiger partial charge in [-0.2, -0.15) is 0 Å². The van der Waals surface area contributed by atoms with Gasteiger partial charge in [-0.25, -0.2) is 4.98 Å². The molecule has 1 heterocycles. The van der Waals surface area contributed by atoms with E-state index in [4.69, 9.17) is 0 Å². The van der Waals surface area contributed by atoms with Gasteiger partial charge in [-0.15, -0.1) is 11.3 Å². The third-order valence-electron chi connectivity index (χ3n) is 3.40. The van der Waals surface area contributed by atoms with Crippen LogP contribution in [0.2, 0.25) is 0 Å². The van der Waals surface area contributed by atoms with Crippen molar-refractivity contribution in [1.82, 2.24) is 10.3 Å². The van der Waals surface area contributed by atoms with Crippen molar-refractivity contribution in [2.45, 2.75) is 31.7 Å². The summed E-state index contributed by atoms with van der Waals surface area (Å²) in [5.74, 6) is 0.542. The predicted octanol–water partition coefficient (Wildman–Crippen LogP) is 3.47. The van der Waals surface area contributed by atoms with Crippen molar-refractivity contribution < 1.29 is 0 Å². The number of thiazole rings is 1. The first-order chi connectivity index (χ1) is 8.85. The van der Waals surface area contributed by atoms with Gasteiger partial charge in [-0.1, -0.05) is 37.3 Å². The SMILES string of the molecule is CCC(c1ccccc1)C(Cc1nccs1)NC. The average Bonchev–Trinajstić information content (AvgIpc) is 2.92. The second-order valence-corrected chi connectivity index (χ2v) is 5.43. The summed E-state index contributed by atoms with van der Waals surface area (Å²) in [5.41, 5.74) is 1.41. The maximum Gasteiger partial charge on any atom is 0.0940 e. The Labute approximate surface area is 113 Å². The quantitative estimate of drug-likeness (QED) is 0.860. The third kappa shape index (κ3) is 3.18. The third-order valence-corrected chi connectivity index (χ3v) is 4.20. The maximum atomic E-state index is 4.39. The molecule has 2 unspecified atom stereocenters. The van der Waals surface area contributed by atoms with Crippen LogP contribution in [0.25, 0.3) is 0 Å². The van der Waals surface area contributed by atoms with E-state index in [2.05, 4.69) is 47.6 Å². The first-order valence-corrected chi connectivity index (χ1v) is 7.33. The van der Waals surface area contributed by atoms with Gasteiger partial charge >= 0.3 is 0 Å². The Morgan fingerprint density at radius 3 is 2.61 bits per heavy atom. The molecule has 0 saturated heterocycles. The van der Waals surface area contributed by atoms with E-state index < -0.39 is 0 Å². The number of aromatic nitrogens is 1. The summed E-state index contributed by atoms with van der Waals surface area (Å²) in [7, 11) is 2.05. The number of nitrogens with zero attached hydrogens (tertiary/aromatic N) is 1. The van der Waals surface area contributed by atoms with Crippen LogP contribution in [0, 0.1) is 0 Å². The van der Waals surface area contributed by atoms with E-state index in [-0.39, 0.29) is 0 Å². The smallest absolute Gasteiger partial charge is 0.0940 e. The van der Waals surface area contributed by atoms with Crippen LogP contribution in [0.15, 0.2) is 41.9 Å². The van der Waals surface area contributed by atoms with Crippen LogP contribution in [0.5, 0.6) is 0 Å². The Bertz CT molecular complexity index is 439. The molecule has 0 radical (unpaired) electrons. The molecule has 0 saturated carbocycles. The highest BCUT2D eigenvalue weighted by molar-refractivity contribution is 7.09. The molecule has 2 nitrogen and oxygen atoms in total. The predicted molar refractivity (Wildman–Crippen MR) is 78.1 cm³/mol. The first kappa shape index (κ1) is 13.2. The number of likely N-dealkylation sites (N-methyl/N-ethyl adjacent to an activating group) is 1. The summed E-state index contributed by atoms with van der Waals surface area (Å²) < 4.78 is 0. The zero-order valence-electron chi connectivity index (χ0n) is 11.0. The summed E-state index contributed by atoms with van der Waals surface area (Å²) in [6, 6.07) is 11.2. The van der Waals surface area contributed by atoms with Crippen LogP contribution < -0.4 is 5.32 Å². The molecule has 0 fully saturated rings. The van der Waals surface area contributed by atoms with E-state index in [0.29, 0.717) is 12.0 Å². The van der Waals surface area contributed by atoms with E-state index in [1.54, 1.807) is 11.3 Å². The molecule has 1 aromatic heterocycles. The Kier molecular flexibility index (Phi) is 4.90. The molecule has 2 atom stereocenters. The van der Waals surface area contributed by atoms with Crippen molar-refractivity contribution >= 4 is 11.3 Å². The number of benzene rings is 1. The van der Waals surface area contributed by atoms with Gasteiger partial charge < -0.3 is 5.32 Å². The highest BCUT2D eigenvalue weighted by atomic mass is 32.1. The zero-order valence-corrected chi connectivity index (χ0v) is 11.8. The standard InChI is InChI=1S/C15H20N2S/c1-3-13(12-7-5-4-6-8-12)14(16-2)11-15-17-9-10-18-15/h4-10,13-14,16H,3,11H2,1-2H3. The fourth-order valence-electron chi connectivity index (χ4n) is 2.44. The van der Waals surface area contributed by atoms with Gasteiger partial charge in [0.15, 0.2) is 0 Å². The van der Waals surface area contributed by atoms with Crippen molar-refractivity contribution in [2.75, 3.05) is 7.05 Å². The topological polar surface area (TPSA) is 24.9 Å². The van der Waals surface area contributed by atoms with Gasteiger partial charge in [-0.3, -0.25) is 0 Å². The normalized spacial score (nSPS) is 14.3. The minimum Gasteiger partial charge on any atom is -0.316 e. The van der Waals surface area contributed by atoms with E-state index >= 15 is 0 Å². The van der Waals surface area contributed by atoms with Gasteiger partial charge in [0.05, 0.1) is 5.01 Å². The molecule has 0 spiro atoms. The molecule has 3 heteroatoms. The van der Waals surface area contributed by atoms with Gasteiger partial charge in [0.2, 0.25) is 0 Å². The summed E-state index contributed by atoms with van der Waals surface area (Å²) in [6.45, 7) is 2.25. The lowest BCUT2D eigenvalue weighted by atomic mass is 9.87. The lowest BCUT2D eigenvalue weighted by Gasteiger charge is -2.25. The van der Waals surface area contributed by atoms with Crippen molar-refractivity contribution in [2.24, 2.45) is 0 Å². The summed E-state index contributed by atoms with van der Waals surface area (Å²) in [4.78, 5) is 4.39. The molecular formula is C15H20N2S. The van der Waals surface area contributed by atoms with Crippen LogP contribution in [0.1, 0.15) is 29.8 Å². The second kappa shape index (κ2) is 6.66. The molecule has 0 aliphatic rings. The molecule has 96 valence electrons. The largest absolute Gasteiger partial charge is 0.316 e. The van der Waals surface area contributed by atoms with E-state index in [1.807, 2.05) is 18.6 Å². The molecule has 2 rings (SSSR count). The minimum absolute atomic E-state index is 0.448. The highest BCUT2D eigenvalue weighted by Crippen LogP contribution is 2.25. The second-order valence-electron chi connectivity index (χ2n) is 4.45. The molecule has 18 heavy (non-hydrogen) atoms. The fourth-order valence-corrected chi connectivity index (χ4v) is 3.12.